The summed E-state index contributed by atoms with van der Waals surface area (Å²) in [4.78, 5) is 2.44. The first-order valence-corrected chi connectivity index (χ1v) is 8.29. The molecule has 1 heterocycles. The van der Waals surface area contributed by atoms with Crippen molar-refractivity contribution in [2.24, 2.45) is 0 Å². The summed E-state index contributed by atoms with van der Waals surface area (Å²) >= 11 is 0. The lowest BCUT2D eigenvalue weighted by Gasteiger charge is -2.31. The molecule has 1 unspecified atom stereocenters. The number of nitrogens with zero attached hydrogens (tertiary/aromatic N) is 1. The maximum Gasteiger partial charge on any atom is 0.122 e. The number of phenols is 1. The Morgan fingerprint density at radius 1 is 1.17 bits per heavy atom. The van der Waals surface area contributed by atoms with E-state index in [9.17, 15) is 5.11 Å². The highest BCUT2D eigenvalue weighted by Gasteiger charge is 2.42. The number of para-hydroxylation sites is 1. The lowest BCUT2D eigenvalue weighted by Crippen LogP contribution is -2.39. The fraction of sp³-hybridized carbons (Fsp3) is 0.333. The third-order valence-corrected chi connectivity index (χ3v) is 4.96. The molecule has 0 fully saturated rings. The summed E-state index contributed by atoms with van der Waals surface area (Å²) in [5.74, 6) is 0.336. The quantitative estimate of drug-likeness (QED) is 0.871. The van der Waals surface area contributed by atoms with Crippen molar-refractivity contribution in [1.29, 1.82) is 0 Å². The van der Waals surface area contributed by atoms with Crippen LogP contribution >= 0.6 is 0 Å². The van der Waals surface area contributed by atoms with Crippen LogP contribution < -0.4 is 4.90 Å². The van der Waals surface area contributed by atoms with Gasteiger partial charge < -0.3 is 10.0 Å². The minimum absolute atomic E-state index is 0.0442. The number of phenolic OH excluding ortho intramolecular Hbond substituents is 1. The zero-order valence-corrected chi connectivity index (χ0v) is 14.4. The number of hydrogen-bond donors (Lipinski definition) is 1. The van der Waals surface area contributed by atoms with Gasteiger partial charge in [0, 0.05) is 23.2 Å². The van der Waals surface area contributed by atoms with Crippen LogP contribution in [0.15, 0.2) is 48.5 Å². The summed E-state index contributed by atoms with van der Waals surface area (Å²) in [6.07, 6.45) is 4.29. The molecule has 0 amide bonds. The van der Waals surface area contributed by atoms with Crippen LogP contribution in [0.3, 0.4) is 0 Å². The molecule has 2 nitrogen and oxygen atoms in total. The average molecular weight is 307 g/mol. The normalized spacial score (nSPS) is 19.3. The van der Waals surface area contributed by atoms with Crippen molar-refractivity contribution in [3.8, 4) is 5.75 Å². The van der Waals surface area contributed by atoms with Gasteiger partial charge in [0.2, 0.25) is 0 Å². The maximum atomic E-state index is 10.1. The van der Waals surface area contributed by atoms with E-state index in [2.05, 4.69) is 62.1 Å². The first-order valence-electron chi connectivity index (χ1n) is 8.29. The Bertz CT molecular complexity index is 745. The molecule has 0 bridgehead atoms. The molecule has 1 N–H and O–H groups in total. The first-order chi connectivity index (χ1) is 10.9. The number of aromatic hydroxyl groups is 1. The van der Waals surface area contributed by atoms with Crippen LogP contribution in [0.2, 0.25) is 0 Å². The number of fused-ring (bicyclic) bond motifs is 1. The maximum absolute atomic E-state index is 10.1. The fourth-order valence-corrected chi connectivity index (χ4v) is 3.68. The summed E-state index contributed by atoms with van der Waals surface area (Å²) < 4.78 is 0. The summed E-state index contributed by atoms with van der Waals surface area (Å²) in [5.41, 5.74) is 4.80. The second kappa shape index (κ2) is 5.77. The number of anilines is 1. The van der Waals surface area contributed by atoms with Crippen molar-refractivity contribution < 1.29 is 5.11 Å². The number of aryl methyl sites for hydroxylation is 1. The minimum Gasteiger partial charge on any atom is -0.507 e. The molecule has 0 aromatic heterocycles. The first kappa shape index (κ1) is 15.7. The van der Waals surface area contributed by atoms with Gasteiger partial charge in [-0.05, 0) is 37.6 Å². The molecular weight excluding hydrogens is 282 g/mol. The van der Waals surface area contributed by atoms with E-state index in [0.29, 0.717) is 5.75 Å². The van der Waals surface area contributed by atoms with Crippen molar-refractivity contribution in [2.45, 2.75) is 39.2 Å². The molecule has 23 heavy (non-hydrogen) atoms. The van der Waals surface area contributed by atoms with Gasteiger partial charge in [-0.25, -0.2) is 0 Å². The van der Waals surface area contributed by atoms with E-state index in [1.807, 2.05) is 19.1 Å². The van der Waals surface area contributed by atoms with Gasteiger partial charge in [0.1, 0.15) is 5.75 Å². The predicted octanol–water partition coefficient (Wildman–Crippen LogP) is 4.90. The Labute approximate surface area is 139 Å². The summed E-state index contributed by atoms with van der Waals surface area (Å²) in [5, 5.41) is 10.1. The highest BCUT2D eigenvalue weighted by molar-refractivity contribution is 5.67. The van der Waals surface area contributed by atoms with Crippen molar-refractivity contribution >= 4 is 11.8 Å². The predicted molar refractivity (Wildman–Crippen MR) is 98.2 cm³/mol. The van der Waals surface area contributed by atoms with E-state index in [4.69, 9.17) is 0 Å². The van der Waals surface area contributed by atoms with Gasteiger partial charge in [0.15, 0.2) is 0 Å². The lowest BCUT2D eigenvalue weighted by molar-refractivity contribution is 0.472. The van der Waals surface area contributed by atoms with Gasteiger partial charge in [-0.15, -0.1) is 0 Å². The van der Waals surface area contributed by atoms with Crippen molar-refractivity contribution in [3.05, 3.63) is 65.2 Å². The van der Waals surface area contributed by atoms with E-state index in [1.54, 1.807) is 6.07 Å². The van der Waals surface area contributed by atoms with Crippen molar-refractivity contribution in [1.82, 2.24) is 0 Å². The van der Waals surface area contributed by atoms with Gasteiger partial charge >= 0.3 is 0 Å². The standard InChI is InChI=1S/C21H25NO/c1-5-22-18-9-7-6-8-17(18)21(3,4)20(22)13-11-16-14-15(2)10-12-19(16)23/h6-14,20,23H,5H2,1-4H3. The summed E-state index contributed by atoms with van der Waals surface area (Å²) in [7, 11) is 0. The van der Waals surface area contributed by atoms with Crippen LogP contribution in [0.1, 0.15) is 37.5 Å². The van der Waals surface area contributed by atoms with E-state index in [1.165, 1.54) is 11.3 Å². The molecule has 120 valence electrons. The Morgan fingerprint density at radius 2 is 1.91 bits per heavy atom. The van der Waals surface area contributed by atoms with E-state index in [0.717, 1.165) is 17.7 Å². The topological polar surface area (TPSA) is 23.5 Å². The molecule has 0 saturated carbocycles. The van der Waals surface area contributed by atoms with Gasteiger partial charge in [0.25, 0.3) is 0 Å². The molecule has 1 aliphatic rings. The number of rotatable bonds is 3. The van der Waals surface area contributed by atoms with Crippen LogP contribution in [0.5, 0.6) is 5.75 Å². The second-order valence-electron chi connectivity index (χ2n) is 6.89. The van der Waals surface area contributed by atoms with Crippen LogP contribution in [0.4, 0.5) is 5.69 Å². The Hall–Kier alpha value is -2.22. The van der Waals surface area contributed by atoms with Gasteiger partial charge in [-0.3, -0.25) is 0 Å². The van der Waals surface area contributed by atoms with Gasteiger partial charge in [-0.1, -0.05) is 55.8 Å². The van der Waals surface area contributed by atoms with Crippen LogP contribution in [0, 0.1) is 6.92 Å². The SMILES string of the molecule is CCN1c2ccccc2C(C)(C)C1C=Cc1cc(C)ccc1O. The minimum atomic E-state index is 0.0442. The molecule has 2 aromatic rings. The Morgan fingerprint density at radius 3 is 2.65 bits per heavy atom. The van der Waals surface area contributed by atoms with Gasteiger partial charge in [0.05, 0.1) is 6.04 Å². The Balaban J connectivity index is 1.99. The molecule has 2 heteroatoms. The largest absolute Gasteiger partial charge is 0.507 e. The molecule has 0 saturated heterocycles. The number of benzene rings is 2. The molecule has 0 aliphatic carbocycles. The van der Waals surface area contributed by atoms with Crippen LogP contribution in [-0.4, -0.2) is 17.7 Å². The summed E-state index contributed by atoms with van der Waals surface area (Å²) in [6, 6.07) is 14.7. The van der Waals surface area contributed by atoms with E-state index < -0.39 is 0 Å². The molecule has 0 spiro atoms. The average Bonchev–Trinajstić information content (AvgIpc) is 2.75. The highest BCUT2D eigenvalue weighted by Crippen LogP contribution is 2.45. The van der Waals surface area contributed by atoms with Crippen LogP contribution in [-0.2, 0) is 5.41 Å². The van der Waals surface area contributed by atoms with Crippen molar-refractivity contribution in [2.75, 3.05) is 11.4 Å². The van der Waals surface area contributed by atoms with Crippen LogP contribution in [0.25, 0.3) is 6.08 Å². The third-order valence-electron chi connectivity index (χ3n) is 4.96. The second-order valence-corrected chi connectivity index (χ2v) is 6.89. The zero-order valence-electron chi connectivity index (χ0n) is 14.4. The van der Waals surface area contributed by atoms with Gasteiger partial charge in [-0.2, -0.15) is 0 Å². The Kier molecular flexibility index (Phi) is 3.93. The zero-order chi connectivity index (χ0) is 16.6. The van der Waals surface area contributed by atoms with Crippen molar-refractivity contribution in [3.63, 3.8) is 0 Å². The van der Waals surface area contributed by atoms with E-state index in [-0.39, 0.29) is 11.5 Å². The lowest BCUT2D eigenvalue weighted by atomic mass is 9.80. The molecule has 3 rings (SSSR count). The summed E-state index contributed by atoms with van der Waals surface area (Å²) in [6.45, 7) is 9.81. The number of hydrogen-bond acceptors (Lipinski definition) is 2. The third kappa shape index (κ3) is 2.63. The molecule has 1 aliphatic heterocycles. The molecule has 2 aromatic carbocycles. The number of likely N-dealkylation sites (N-methyl/N-ethyl adjacent to an activating group) is 1. The highest BCUT2D eigenvalue weighted by atomic mass is 16.3. The smallest absolute Gasteiger partial charge is 0.122 e. The fourth-order valence-electron chi connectivity index (χ4n) is 3.68. The monoisotopic (exact) mass is 307 g/mol. The molecular formula is C21H25NO. The van der Waals surface area contributed by atoms with E-state index >= 15 is 0 Å². The molecule has 0 radical (unpaired) electrons. The molecule has 1 atom stereocenters.